The second kappa shape index (κ2) is 7.25. The van der Waals surface area contributed by atoms with E-state index in [1.54, 1.807) is 24.3 Å². The molecule has 7 heteroatoms. The van der Waals surface area contributed by atoms with Gasteiger partial charge in [0.25, 0.3) is 0 Å². The Bertz CT molecular complexity index is 538. The molecule has 1 aromatic rings. The molecule has 0 radical (unpaired) electrons. The largest absolute Gasteiger partial charge is 0.493 e. The molecule has 1 atom stereocenters. The van der Waals surface area contributed by atoms with Gasteiger partial charge in [0.2, 0.25) is 0 Å². The zero-order valence-electron chi connectivity index (χ0n) is 11.5. The highest BCUT2D eigenvalue weighted by Crippen LogP contribution is 2.13. The van der Waals surface area contributed by atoms with E-state index < -0.39 is 21.8 Å². The fraction of sp³-hybridized carbons (Fsp3) is 0.462. The van der Waals surface area contributed by atoms with Crippen LogP contribution in [0.2, 0.25) is 0 Å². The van der Waals surface area contributed by atoms with Crippen LogP contribution in [-0.4, -0.2) is 46.2 Å². The molecule has 0 aliphatic heterocycles. The summed E-state index contributed by atoms with van der Waals surface area (Å²) in [7, 11) is -1.73. The first kappa shape index (κ1) is 16.5. The van der Waals surface area contributed by atoms with Crippen LogP contribution in [-0.2, 0) is 25.8 Å². The third kappa shape index (κ3) is 6.03. The molecule has 20 heavy (non-hydrogen) atoms. The summed E-state index contributed by atoms with van der Waals surface area (Å²) < 4.78 is 31.8. The molecule has 1 unspecified atom stereocenters. The smallest absolute Gasteiger partial charge is 0.322 e. The minimum absolute atomic E-state index is 0.0258. The monoisotopic (exact) mass is 301 g/mol. The quantitative estimate of drug-likeness (QED) is 0.720. The predicted octanol–water partition coefficient (Wildman–Crippen LogP) is 0.153. The van der Waals surface area contributed by atoms with Crippen LogP contribution < -0.4 is 10.5 Å². The molecular formula is C13H19NO5S. The van der Waals surface area contributed by atoms with E-state index in [9.17, 15) is 13.2 Å². The molecule has 0 aliphatic carbocycles. The van der Waals surface area contributed by atoms with Gasteiger partial charge >= 0.3 is 5.97 Å². The molecule has 0 aromatic heterocycles. The van der Waals surface area contributed by atoms with Crippen LogP contribution in [0, 0.1) is 0 Å². The molecule has 112 valence electrons. The molecule has 2 N–H and O–H groups in total. The maximum Gasteiger partial charge on any atom is 0.322 e. The van der Waals surface area contributed by atoms with Crippen molar-refractivity contribution in [1.29, 1.82) is 0 Å². The van der Waals surface area contributed by atoms with Crippen molar-refractivity contribution in [2.45, 2.75) is 12.5 Å². The van der Waals surface area contributed by atoms with Gasteiger partial charge in [0.05, 0.1) is 12.9 Å². The predicted molar refractivity (Wildman–Crippen MR) is 75.3 cm³/mol. The number of ether oxygens (including phenoxy) is 2. The Hall–Kier alpha value is -1.60. The molecule has 0 saturated heterocycles. The van der Waals surface area contributed by atoms with Crippen molar-refractivity contribution in [2.24, 2.45) is 5.73 Å². The molecule has 0 heterocycles. The molecule has 0 saturated carbocycles. The topological polar surface area (TPSA) is 95.7 Å². The minimum atomic E-state index is -3.02. The van der Waals surface area contributed by atoms with Crippen LogP contribution >= 0.6 is 0 Å². The fourth-order valence-corrected chi connectivity index (χ4v) is 1.91. The molecule has 1 rings (SSSR count). The lowest BCUT2D eigenvalue weighted by Crippen LogP contribution is -2.33. The highest BCUT2D eigenvalue weighted by Gasteiger charge is 2.14. The first-order valence-corrected chi connectivity index (χ1v) is 8.11. The van der Waals surface area contributed by atoms with E-state index in [0.717, 1.165) is 11.8 Å². The van der Waals surface area contributed by atoms with E-state index in [1.165, 1.54) is 7.11 Å². The van der Waals surface area contributed by atoms with Crippen molar-refractivity contribution in [1.82, 2.24) is 0 Å². The van der Waals surface area contributed by atoms with Gasteiger partial charge in [-0.1, -0.05) is 12.1 Å². The number of methoxy groups -OCH3 is 1. The average molecular weight is 301 g/mol. The number of sulfone groups is 1. The fourth-order valence-electron chi connectivity index (χ4n) is 1.52. The van der Waals surface area contributed by atoms with Gasteiger partial charge < -0.3 is 15.2 Å². The Morgan fingerprint density at radius 1 is 1.30 bits per heavy atom. The van der Waals surface area contributed by atoms with E-state index >= 15 is 0 Å². The van der Waals surface area contributed by atoms with Crippen molar-refractivity contribution in [3.63, 3.8) is 0 Å². The maximum atomic E-state index is 11.2. The highest BCUT2D eigenvalue weighted by atomic mass is 32.2. The summed E-state index contributed by atoms with van der Waals surface area (Å²) in [4.78, 5) is 11.2. The van der Waals surface area contributed by atoms with E-state index in [0.29, 0.717) is 12.2 Å². The summed E-state index contributed by atoms with van der Waals surface area (Å²) in [5.74, 6) is 0.0876. The van der Waals surface area contributed by atoms with Crippen LogP contribution in [0.4, 0.5) is 0 Å². The van der Waals surface area contributed by atoms with Crippen LogP contribution in [0.15, 0.2) is 24.3 Å². The third-order valence-electron chi connectivity index (χ3n) is 2.61. The normalized spacial score (nSPS) is 12.8. The SMILES string of the molecule is COC(=O)C(N)Cc1ccc(OCCS(C)(=O)=O)cc1. The van der Waals surface area contributed by atoms with Crippen molar-refractivity contribution in [3.05, 3.63) is 29.8 Å². The lowest BCUT2D eigenvalue weighted by Gasteiger charge is -2.10. The number of hydrogen-bond donors (Lipinski definition) is 1. The Balaban J connectivity index is 2.50. The Kier molecular flexibility index (Phi) is 5.97. The van der Waals surface area contributed by atoms with Gasteiger partial charge in [-0.25, -0.2) is 8.42 Å². The van der Waals surface area contributed by atoms with E-state index in [1.807, 2.05) is 0 Å². The van der Waals surface area contributed by atoms with Gasteiger partial charge in [-0.2, -0.15) is 0 Å². The van der Waals surface area contributed by atoms with Crippen molar-refractivity contribution in [2.75, 3.05) is 25.7 Å². The summed E-state index contributed by atoms with van der Waals surface area (Å²) in [6.45, 7) is 0.111. The van der Waals surface area contributed by atoms with Gasteiger partial charge in [-0.05, 0) is 24.1 Å². The van der Waals surface area contributed by atoms with Gasteiger partial charge in [0.1, 0.15) is 18.4 Å². The number of rotatable bonds is 7. The van der Waals surface area contributed by atoms with Crippen molar-refractivity contribution in [3.8, 4) is 5.75 Å². The standard InChI is InChI=1S/C13H19NO5S/c1-18-13(15)12(14)9-10-3-5-11(6-4-10)19-7-8-20(2,16)17/h3-6,12H,7-9,14H2,1-2H3. The van der Waals surface area contributed by atoms with Crippen molar-refractivity contribution >= 4 is 15.8 Å². The number of carbonyl (C=O) groups is 1. The van der Waals surface area contributed by atoms with Crippen LogP contribution in [0.5, 0.6) is 5.75 Å². The van der Waals surface area contributed by atoms with E-state index in [4.69, 9.17) is 10.5 Å². The molecular weight excluding hydrogens is 282 g/mol. The number of hydrogen-bond acceptors (Lipinski definition) is 6. The molecule has 6 nitrogen and oxygen atoms in total. The minimum Gasteiger partial charge on any atom is -0.493 e. The van der Waals surface area contributed by atoms with E-state index in [-0.39, 0.29) is 12.4 Å². The number of carbonyl (C=O) groups excluding carboxylic acids is 1. The van der Waals surface area contributed by atoms with Gasteiger partial charge in [0, 0.05) is 6.26 Å². The number of nitrogens with two attached hydrogens (primary N) is 1. The Morgan fingerprint density at radius 3 is 2.40 bits per heavy atom. The summed E-state index contributed by atoms with van der Waals surface area (Å²) in [5, 5.41) is 0. The Labute approximate surface area is 118 Å². The summed E-state index contributed by atoms with van der Waals surface area (Å²) in [6.07, 6.45) is 1.53. The Morgan fingerprint density at radius 2 is 1.90 bits per heavy atom. The van der Waals surface area contributed by atoms with Gasteiger partial charge in [0.15, 0.2) is 9.84 Å². The van der Waals surface area contributed by atoms with Crippen LogP contribution in [0.3, 0.4) is 0 Å². The highest BCUT2D eigenvalue weighted by molar-refractivity contribution is 7.90. The van der Waals surface area contributed by atoms with E-state index in [2.05, 4.69) is 4.74 Å². The first-order valence-electron chi connectivity index (χ1n) is 6.04. The van der Waals surface area contributed by atoms with Crippen LogP contribution in [0.1, 0.15) is 5.56 Å². The molecule has 0 fully saturated rings. The first-order chi connectivity index (χ1) is 9.31. The summed E-state index contributed by atoms with van der Waals surface area (Å²) in [5.41, 5.74) is 6.53. The van der Waals surface area contributed by atoms with Crippen LogP contribution in [0.25, 0.3) is 0 Å². The average Bonchev–Trinajstić information content (AvgIpc) is 2.38. The summed E-state index contributed by atoms with van der Waals surface area (Å²) >= 11 is 0. The molecule has 0 bridgehead atoms. The molecule has 1 aromatic carbocycles. The zero-order valence-corrected chi connectivity index (χ0v) is 12.4. The van der Waals surface area contributed by atoms with Gasteiger partial charge in [-0.15, -0.1) is 0 Å². The zero-order chi connectivity index (χ0) is 15.2. The molecule has 0 aliphatic rings. The lowest BCUT2D eigenvalue weighted by atomic mass is 10.1. The number of esters is 1. The second-order valence-electron chi connectivity index (χ2n) is 4.46. The van der Waals surface area contributed by atoms with Crippen molar-refractivity contribution < 1.29 is 22.7 Å². The summed E-state index contributed by atoms with van der Waals surface area (Å²) in [6, 6.07) is 6.28. The number of benzene rings is 1. The third-order valence-corrected chi connectivity index (χ3v) is 3.51. The molecule has 0 amide bonds. The second-order valence-corrected chi connectivity index (χ2v) is 6.72. The van der Waals surface area contributed by atoms with Gasteiger partial charge in [-0.3, -0.25) is 4.79 Å². The lowest BCUT2D eigenvalue weighted by molar-refractivity contribution is -0.142. The molecule has 0 spiro atoms. The maximum absolute atomic E-state index is 11.2.